The Hall–Kier alpha value is -0.0500. The molecule has 0 bridgehead atoms. The highest BCUT2D eigenvalue weighted by atomic mass is 79.9. The molecule has 0 fully saturated rings. The highest BCUT2D eigenvalue weighted by molar-refractivity contribution is 9.11. The lowest BCUT2D eigenvalue weighted by Crippen LogP contribution is -2.20. The molecule has 1 aliphatic heterocycles. The molecular weight excluding hydrogens is 185 g/mol. The van der Waals surface area contributed by atoms with Crippen LogP contribution >= 0.6 is 15.9 Å². The highest BCUT2D eigenvalue weighted by Crippen LogP contribution is 2.30. The van der Waals surface area contributed by atoms with Gasteiger partial charge in [0.2, 0.25) is 0 Å². The lowest BCUT2D eigenvalue weighted by atomic mass is 10.2. The van der Waals surface area contributed by atoms with Gasteiger partial charge >= 0.3 is 0 Å². The number of hydrogen-bond donors (Lipinski definition) is 1. The highest BCUT2D eigenvalue weighted by Gasteiger charge is 2.26. The summed E-state index contributed by atoms with van der Waals surface area (Å²) >= 11 is 3.29. The first-order chi connectivity index (χ1) is 4.13. The minimum Gasteiger partial charge on any atom is -0.358 e. The Bertz CT molecular complexity index is 155. The molecule has 1 rings (SSSR count). The van der Waals surface area contributed by atoms with Gasteiger partial charge in [0.15, 0.2) is 6.30 Å². The molecule has 1 N–H and O–H groups in total. The molecule has 0 aliphatic carbocycles. The fourth-order valence-corrected chi connectivity index (χ4v) is 1.22. The van der Waals surface area contributed by atoms with Crippen molar-refractivity contribution in [3.8, 4) is 0 Å². The van der Waals surface area contributed by atoms with Gasteiger partial charge in [-0.25, -0.2) is 4.39 Å². The van der Waals surface area contributed by atoms with Crippen molar-refractivity contribution < 1.29 is 4.39 Å². The predicted molar refractivity (Wildman–Crippen MR) is 38.8 cm³/mol. The molecule has 0 aromatic rings. The Morgan fingerprint density at radius 1 is 1.67 bits per heavy atom. The summed E-state index contributed by atoms with van der Waals surface area (Å²) in [6, 6.07) is 0. The molecule has 9 heavy (non-hydrogen) atoms. The van der Waals surface area contributed by atoms with E-state index in [2.05, 4.69) is 21.2 Å². The molecule has 1 heterocycles. The number of hydrogen-bond acceptors (Lipinski definition) is 1. The first-order valence-electron chi connectivity index (χ1n) is 2.90. The second-order valence-electron chi connectivity index (χ2n) is 2.31. The third-order valence-corrected chi connectivity index (χ3v) is 2.87. The van der Waals surface area contributed by atoms with Gasteiger partial charge in [0.25, 0.3) is 0 Å². The van der Waals surface area contributed by atoms with Crippen LogP contribution in [0.15, 0.2) is 10.2 Å². The Balaban J connectivity index is 2.74. The molecule has 2 atom stereocenters. The zero-order valence-corrected chi connectivity index (χ0v) is 7.00. The van der Waals surface area contributed by atoms with Gasteiger partial charge < -0.3 is 5.32 Å². The van der Waals surface area contributed by atoms with Gasteiger partial charge in [0.1, 0.15) is 0 Å². The number of rotatable bonds is 0. The van der Waals surface area contributed by atoms with E-state index >= 15 is 0 Å². The lowest BCUT2D eigenvalue weighted by Gasteiger charge is -2.05. The van der Waals surface area contributed by atoms with Gasteiger partial charge in [-0.15, -0.1) is 0 Å². The molecule has 0 saturated heterocycles. The Kier molecular flexibility index (Phi) is 1.80. The van der Waals surface area contributed by atoms with Crippen molar-refractivity contribution in [2.45, 2.75) is 20.1 Å². The summed E-state index contributed by atoms with van der Waals surface area (Å²) in [4.78, 5) is 0. The van der Waals surface area contributed by atoms with Crippen LogP contribution in [0, 0.1) is 5.92 Å². The quantitative estimate of drug-likeness (QED) is 0.582. The van der Waals surface area contributed by atoms with Gasteiger partial charge in [0.05, 0.1) is 0 Å². The third kappa shape index (κ3) is 1.11. The largest absolute Gasteiger partial charge is 0.358 e. The van der Waals surface area contributed by atoms with Gasteiger partial charge in [-0.1, -0.05) is 22.9 Å². The minimum absolute atomic E-state index is 0.0231. The summed E-state index contributed by atoms with van der Waals surface area (Å²) in [6.07, 6.45) is -0.903. The molecule has 0 radical (unpaired) electrons. The number of nitrogens with one attached hydrogen (secondary N) is 1. The van der Waals surface area contributed by atoms with Crippen molar-refractivity contribution in [3.63, 3.8) is 0 Å². The monoisotopic (exact) mass is 193 g/mol. The topological polar surface area (TPSA) is 12.0 Å². The van der Waals surface area contributed by atoms with Crippen LogP contribution in [0.2, 0.25) is 0 Å². The van der Waals surface area contributed by atoms with Crippen LogP contribution in [0.1, 0.15) is 13.8 Å². The molecular formula is C6H9BrFN. The Labute approximate surface area is 62.5 Å². The zero-order valence-electron chi connectivity index (χ0n) is 5.41. The molecule has 0 amide bonds. The van der Waals surface area contributed by atoms with E-state index in [1.165, 1.54) is 0 Å². The average Bonchev–Trinajstić information content (AvgIpc) is 1.98. The van der Waals surface area contributed by atoms with Gasteiger partial charge in [-0.3, -0.25) is 0 Å². The zero-order chi connectivity index (χ0) is 7.02. The second kappa shape index (κ2) is 2.29. The summed E-state index contributed by atoms with van der Waals surface area (Å²) in [5.41, 5.74) is 0.912. The maximum atomic E-state index is 12.6. The van der Waals surface area contributed by atoms with Crippen LogP contribution in [0.3, 0.4) is 0 Å². The summed E-state index contributed by atoms with van der Waals surface area (Å²) in [7, 11) is 0. The van der Waals surface area contributed by atoms with E-state index in [4.69, 9.17) is 0 Å². The maximum Gasteiger partial charge on any atom is 0.177 e. The molecule has 52 valence electrons. The van der Waals surface area contributed by atoms with Crippen molar-refractivity contribution >= 4 is 15.9 Å². The van der Waals surface area contributed by atoms with Crippen molar-refractivity contribution in [1.82, 2.24) is 5.32 Å². The maximum absolute atomic E-state index is 12.6. The SMILES string of the molecule is CC1=C(Br)C(C)C(F)N1. The molecule has 0 aromatic carbocycles. The molecule has 0 saturated carbocycles. The number of allylic oxidation sites excluding steroid dienone is 1. The number of alkyl halides is 1. The van der Waals surface area contributed by atoms with Crippen LogP contribution < -0.4 is 5.32 Å². The van der Waals surface area contributed by atoms with E-state index in [9.17, 15) is 4.39 Å². The van der Waals surface area contributed by atoms with E-state index in [-0.39, 0.29) is 5.92 Å². The van der Waals surface area contributed by atoms with Crippen molar-refractivity contribution in [3.05, 3.63) is 10.2 Å². The van der Waals surface area contributed by atoms with Crippen LogP contribution in [-0.4, -0.2) is 6.30 Å². The Morgan fingerprint density at radius 3 is 2.33 bits per heavy atom. The van der Waals surface area contributed by atoms with Crippen molar-refractivity contribution in [2.75, 3.05) is 0 Å². The van der Waals surface area contributed by atoms with Crippen LogP contribution in [0.4, 0.5) is 4.39 Å². The smallest absolute Gasteiger partial charge is 0.177 e. The van der Waals surface area contributed by atoms with Gasteiger partial charge in [-0.05, 0) is 6.92 Å². The molecule has 1 nitrogen and oxygen atoms in total. The summed E-state index contributed by atoms with van der Waals surface area (Å²) < 4.78 is 13.6. The molecule has 2 unspecified atom stereocenters. The van der Waals surface area contributed by atoms with E-state index in [0.717, 1.165) is 10.2 Å². The van der Waals surface area contributed by atoms with Crippen molar-refractivity contribution in [1.29, 1.82) is 0 Å². The van der Waals surface area contributed by atoms with Gasteiger partial charge in [-0.2, -0.15) is 0 Å². The minimum atomic E-state index is -0.903. The number of halogens is 2. The molecule has 0 spiro atoms. The second-order valence-corrected chi connectivity index (χ2v) is 3.16. The normalized spacial score (nSPS) is 35.1. The summed E-state index contributed by atoms with van der Waals surface area (Å²) in [5.74, 6) is -0.0231. The average molecular weight is 194 g/mol. The van der Waals surface area contributed by atoms with Crippen LogP contribution in [0.5, 0.6) is 0 Å². The lowest BCUT2D eigenvalue weighted by molar-refractivity contribution is 0.260. The third-order valence-electron chi connectivity index (χ3n) is 1.55. The van der Waals surface area contributed by atoms with E-state index in [1.54, 1.807) is 0 Å². The molecule has 0 aromatic heterocycles. The summed E-state index contributed by atoms with van der Waals surface area (Å²) in [5, 5.41) is 2.68. The van der Waals surface area contributed by atoms with E-state index < -0.39 is 6.30 Å². The predicted octanol–water partition coefficient (Wildman–Crippen LogP) is 2.15. The van der Waals surface area contributed by atoms with Crippen molar-refractivity contribution in [2.24, 2.45) is 5.92 Å². The summed E-state index contributed by atoms with van der Waals surface area (Å²) in [6.45, 7) is 3.71. The van der Waals surface area contributed by atoms with E-state index in [0.29, 0.717) is 0 Å². The standard InChI is InChI=1S/C6H9BrFN/c1-3-5(7)4(2)9-6(3)8/h3,6,9H,1-2H3. The molecule has 1 aliphatic rings. The fraction of sp³-hybridized carbons (Fsp3) is 0.667. The van der Waals surface area contributed by atoms with E-state index in [1.807, 2.05) is 13.8 Å². The first kappa shape index (κ1) is 7.06. The van der Waals surface area contributed by atoms with Crippen LogP contribution in [-0.2, 0) is 0 Å². The Morgan fingerprint density at radius 2 is 2.22 bits per heavy atom. The van der Waals surface area contributed by atoms with Gasteiger partial charge in [0, 0.05) is 16.1 Å². The van der Waals surface area contributed by atoms with Crippen LogP contribution in [0.25, 0.3) is 0 Å². The fourth-order valence-electron chi connectivity index (χ4n) is 0.871. The molecule has 3 heteroatoms. The first-order valence-corrected chi connectivity index (χ1v) is 3.69.